The molecule has 0 aliphatic heterocycles. The van der Waals surface area contributed by atoms with Crippen LogP contribution in [0.5, 0.6) is 0 Å². The maximum Gasteiger partial charge on any atom is 0.253 e. The molecule has 34 heavy (non-hydrogen) atoms. The molecule has 0 fully saturated rings. The first kappa shape index (κ1) is 22.9. The van der Waals surface area contributed by atoms with E-state index in [9.17, 15) is 9.59 Å². The van der Waals surface area contributed by atoms with E-state index in [1.807, 2.05) is 60.7 Å². The van der Waals surface area contributed by atoms with E-state index >= 15 is 0 Å². The normalized spacial score (nSPS) is 10.5. The van der Waals surface area contributed by atoms with Crippen molar-refractivity contribution in [3.63, 3.8) is 0 Å². The van der Waals surface area contributed by atoms with Gasteiger partial charge in [-0.05, 0) is 47.6 Å². The fraction of sp³-hybridized carbons (Fsp3) is 0.0741. The topological polar surface area (TPSA) is 83.4 Å². The van der Waals surface area contributed by atoms with Crippen LogP contribution in [0.1, 0.15) is 33.2 Å². The van der Waals surface area contributed by atoms with Crippen LogP contribution in [0.3, 0.4) is 0 Å². The lowest BCUT2D eigenvalue weighted by Crippen LogP contribution is -2.38. The number of amides is 2. The lowest BCUT2D eigenvalue weighted by molar-refractivity contribution is -0.120. The minimum Gasteiger partial charge on any atom is -0.467 e. The molecule has 6 nitrogen and oxygen atoms in total. The summed E-state index contributed by atoms with van der Waals surface area (Å²) in [6.07, 6.45) is 1.55. The third-order valence-electron chi connectivity index (χ3n) is 5.19. The van der Waals surface area contributed by atoms with Gasteiger partial charge in [-0.25, -0.2) is 0 Å². The van der Waals surface area contributed by atoms with Crippen molar-refractivity contribution in [2.24, 2.45) is 0 Å². The summed E-state index contributed by atoms with van der Waals surface area (Å²) in [4.78, 5) is 26.0. The molecule has 0 spiro atoms. The Hall–Kier alpha value is -4.23. The molecule has 3 aromatic carbocycles. The molecule has 0 unspecified atom stereocenters. The van der Waals surface area contributed by atoms with Crippen molar-refractivity contribution in [1.29, 1.82) is 0 Å². The number of nitrogens with one attached hydrogen (secondary N) is 3. The zero-order valence-electron chi connectivity index (χ0n) is 18.2. The number of anilines is 1. The first-order valence-electron chi connectivity index (χ1n) is 10.7. The molecule has 0 aliphatic rings. The predicted molar refractivity (Wildman–Crippen MR) is 135 cm³/mol. The van der Waals surface area contributed by atoms with Crippen molar-refractivity contribution < 1.29 is 14.0 Å². The van der Waals surface area contributed by atoms with Gasteiger partial charge in [0.15, 0.2) is 5.11 Å². The number of carbonyl (C=O) groups excluding carboxylic acids is 2. The average molecular weight is 470 g/mol. The molecule has 0 saturated heterocycles. The molecule has 3 N–H and O–H groups in total. The Morgan fingerprint density at radius 1 is 0.794 bits per heavy atom. The monoisotopic (exact) mass is 469 g/mol. The molecule has 0 radical (unpaired) electrons. The van der Waals surface area contributed by atoms with Crippen molar-refractivity contribution in [3.05, 3.63) is 126 Å². The minimum atomic E-state index is -0.533. The summed E-state index contributed by atoms with van der Waals surface area (Å²) in [6.45, 7) is 0.261. The van der Waals surface area contributed by atoms with Gasteiger partial charge in [0.05, 0.1) is 30.0 Å². The van der Waals surface area contributed by atoms with Crippen LogP contribution in [0.4, 0.5) is 5.69 Å². The summed E-state index contributed by atoms with van der Waals surface area (Å²) in [6, 6.07) is 29.5. The van der Waals surface area contributed by atoms with Crippen LogP contribution in [0, 0.1) is 0 Å². The number of para-hydroxylation sites is 1. The maximum absolute atomic E-state index is 13.3. The fourth-order valence-corrected chi connectivity index (χ4v) is 3.80. The van der Waals surface area contributed by atoms with Crippen LogP contribution in [0.2, 0.25) is 0 Å². The molecule has 0 saturated carbocycles. The average Bonchev–Trinajstić information content (AvgIpc) is 3.38. The van der Waals surface area contributed by atoms with E-state index in [0.29, 0.717) is 17.0 Å². The molecule has 170 valence electrons. The molecule has 0 aliphatic carbocycles. The van der Waals surface area contributed by atoms with E-state index in [0.717, 1.165) is 11.1 Å². The summed E-state index contributed by atoms with van der Waals surface area (Å²) in [7, 11) is 0. The number of hydrogen-bond donors (Lipinski definition) is 3. The van der Waals surface area contributed by atoms with Crippen molar-refractivity contribution in [3.8, 4) is 0 Å². The predicted octanol–water partition coefficient (Wildman–Crippen LogP) is 4.85. The van der Waals surface area contributed by atoms with Crippen molar-refractivity contribution in [2.45, 2.75) is 12.5 Å². The molecule has 4 rings (SSSR count). The largest absolute Gasteiger partial charge is 0.467 e. The molecule has 0 bridgehead atoms. The highest BCUT2D eigenvalue weighted by atomic mass is 32.1. The van der Waals surface area contributed by atoms with E-state index < -0.39 is 5.92 Å². The number of thiocarbonyl (C=S) groups is 1. The van der Waals surface area contributed by atoms with Crippen LogP contribution in [-0.4, -0.2) is 16.9 Å². The first-order chi connectivity index (χ1) is 16.6. The Balaban J connectivity index is 1.46. The second-order valence-corrected chi connectivity index (χ2v) is 7.91. The number of hydrogen-bond acceptors (Lipinski definition) is 4. The van der Waals surface area contributed by atoms with Gasteiger partial charge in [0.25, 0.3) is 5.91 Å². The van der Waals surface area contributed by atoms with Gasteiger partial charge in [0.1, 0.15) is 5.76 Å². The number of furan rings is 1. The van der Waals surface area contributed by atoms with E-state index in [4.69, 9.17) is 16.6 Å². The van der Waals surface area contributed by atoms with Crippen molar-refractivity contribution >= 4 is 34.8 Å². The molecule has 0 atom stereocenters. The van der Waals surface area contributed by atoms with Crippen LogP contribution >= 0.6 is 12.2 Å². The number of benzene rings is 3. The van der Waals surface area contributed by atoms with Gasteiger partial charge in [0.2, 0.25) is 5.91 Å². The third kappa shape index (κ3) is 5.76. The molecule has 7 heteroatoms. The third-order valence-corrected chi connectivity index (χ3v) is 5.39. The van der Waals surface area contributed by atoms with E-state index in [2.05, 4.69) is 16.0 Å². The molecule has 1 aromatic heterocycles. The van der Waals surface area contributed by atoms with Crippen LogP contribution < -0.4 is 16.0 Å². The molecule has 4 aromatic rings. The number of rotatable bonds is 7. The molecular formula is C27H23N3O3S. The minimum absolute atomic E-state index is 0.105. The van der Waals surface area contributed by atoms with Gasteiger partial charge >= 0.3 is 0 Å². The fourth-order valence-electron chi connectivity index (χ4n) is 3.59. The van der Waals surface area contributed by atoms with Gasteiger partial charge in [-0.1, -0.05) is 72.8 Å². The van der Waals surface area contributed by atoms with Gasteiger partial charge < -0.3 is 20.4 Å². The van der Waals surface area contributed by atoms with Crippen LogP contribution in [0.15, 0.2) is 108 Å². The quantitative estimate of drug-likeness (QED) is 0.337. The lowest BCUT2D eigenvalue weighted by atomic mass is 9.90. The Morgan fingerprint density at radius 2 is 1.41 bits per heavy atom. The van der Waals surface area contributed by atoms with Gasteiger partial charge in [-0.3, -0.25) is 9.59 Å². The van der Waals surface area contributed by atoms with Crippen molar-refractivity contribution in [2.75, 3.05) is 5.32 Å². The zero-order chi connectivity index (χ0) is 23.8. The summed E-state index contributed by atoms with van der Waals surface area (Å²) in [5.74, 6) is -0.446. The van der Waals surface area contributed by atoms with Gasteiger partial charge in [0, 0.05) is 0 Å². The van der Waals surface area contributed by atoms with E-state index in [-0.39, 0.29) is 23.5 Å². The summed E-state index contributed by atoms with van der Waals surface area (Å²) < 4.78 is 5.26. The standard InChI is InChI=1S/C27H23N3O3S/c31-25(28-18-21-14-9-17-33-21)22-15-7-8-16-23(22)29-27(34)30-26(32)24(19-10-3-1-4-11-19)20-12-5-2-6-13-20/h1-17,24H,18H2,(H,28,31)(H2,29,30,32,34). The second kappa shape index (κ2) is 11.1. The summed E-state index contributed by atoms with van der Waals surface area (Å²) in [5.41, 5.74) is 2.59. The highest BCUT2D eigenvalue weighted by Crippen LogP contribution is 2.25. The Bertz CT molecular complexity index is 1220. The summed E-state index contributed by atoms with van der Waals surface area (Å²) in [5, 5.41) is 8.69. The smallest absolute Gasteiger partial charge is 0.253 e. The maximum atomic E-state index is 13.3. The second-order valence-electron chi connectivity index (χ2n) is 7.51. The molecular weight excluding hydrogens is 446 g/mol. The van der Waals surface area contributed by atoms with E-state index in [1.54, 1.807) is 42.7 Å². The molecule has 2 amide bonds. The van der Waals surface area contributed by atoms with Gasteiger partial charge in [-0.15, -0.1) is 0 Å². The Kier molecular flexibility index (Phi) is 7.47. The summed E-state index contributed by atoms with van der Waals surface area (Å²) >= 11 is 5.42. The molecule has 1 heterocycles. The van der Waals surface area contributed by atoms with Crippen LogP contribution in [0.25, 0.3) is 0 Å². The highest BCUT2D eigenvalue weighted by Gasteiger charge is 2.23. The van der Waals surface area contributed by atoms with Crippen LogP contribution in [-0.2, 0) is 11.3 Å². The first-order valence-corrected chi connectivity index (χ1v) is 11.1. The Labute approximate surface area is 203 Å². The highest BCUT2D eigenvalue weighted by molar-refractivity contribution is 7.80. The SMILES string of the molecule is O=C(NCc1ccco1)c1ccccc1NC(=S)NC(=O)C(c1ccccc1)c1ccccc1. The zero-order valence-corrected chi connectivity index (χ0v) is 19.0. The van der Waals surface area contributed by atoms with E-state index in [1.165, 1.54) is 0 Å². The Morgan fingerprint density at radius 3 is 2.03 bits per heavy atom. The van der Waals surface area contributed by atoms with Crippen molar-refractivity contribution in [1.82, 2.24) is 10.6 Å². The lowest BCUT2D eigenvalue weighted by Gasteiger charge is -2.19. The van der Waals surface area contributed by atoms with Gasteiger partial charge in [-0.2, -0.15) is 0 Å². The number of carbonyl (C=O) groups is 2.